The molecule has 22 heavy (non-hydrogen) atoms. The summed E-state index contributed by atoms with van der Waals surface area (Å²) in [5.41, 5.74) is 3.77. The number of nitrogens with one attached hydrogen (secondary N) is 1. The standard InChI is InChI=1S/C15H8Cl2N2OS2/c16-11-6-9(13(17)22-11)14(20)19-15-18-12-8-4-2-1-3-7(8)5-10(12)21-15/h1-4,6H,5H2,(H,18,19,20). The molecule has 0 fully saturated rings. The van der Waals surface area contributed by atoms with Crippen LogP contribution >= 0.6 is 45.9 Å². The number of hydrogen-bond acceptors (Lipinski definition) is 4. The van der Waals surface area contributed by atoms with E-state index in [0.717, 1.165) is 17.7 Å². The van der Waals surface area contributed by atoms with Crippen molar-refractivity contribution in [2.45, 2.75) is 6.42 Å². The Morgan fingerprint density at radius 3 is 2.82 bits per heavy atom. The Kier molecular flexibility index (Phi) is 3.46. The predicted molar refractivity (Wildman–Crippen MR) is 92.6 cm³/mol. The highest BCUT2D eigenvalue weighted by atomic mass is 35.5. The summed E-state index contributed by atoms with van der Waals surface area (Å²) in [6.45, 7) is 0. The summed E-state index contributed by atoms with van der Waals surface area (Å²) in [5.74, 6) is -0.283. The summed E-state index contributed by atoms with van der Waals surface area (Å²) in [6, 6.07) is 9.76. The van der Waals surface area contributed by atoms with Crippen LogP contribution in [0.4, 0.5) is 5.13 Å². The van der Waals surface area contributed by atoms with Gasteiger partial charge in [-0.3, -0.25) is 10.1 Å². The molecule has 3 nitrogen and oxygen atoms in total. The molecule has 1 N–H and O–H groups in total. The van der Waals surface area contributed by atoms with Gasteiger partial charge < -0.3 is 0 Å². The monoisotopic (exact) mass is 366 g/mol. The Hall–Kier alpha value is -1.40. The molecular formula is C15H8Cl2N2OS2. The van der Waals surface area contributed by atoms with Crippen molar-refractivity contribution in [2.24, 2.45) is 0 Å². The molecule has 2 aromatic heterocycles. The number of halogens is 2. The molecule has 0 saturated heterocycles. The molecule has 1 aliphatic rings. The second-order valence-electron chi connectivity index (χ2n) is 4.82. The first-order valence-corrected chi connectivity index (χ1v) is 8.85. The van der Waals surface area contributed by atoms with Gasteiger partial charge in [-0.1, -0.05) is 47.5 Å². The van der Waals surface area contributed by atoms with Crippen molar-refractivity contribution in [3.05, 3.63) is 55.0 Å². The first-order chi connectivity index (χ1) is 10.6. The number of fused-ring (bicyclic) bond motifs is 3. The number of carbonyl (C=O) groups is 1. The Balaban J connectivity index is 1.62. The zero-order valence-corrected chi connectivity index (χ0v) is 14.2. The van der Waals surface area contributed by atoms with Gasteiger partial charge in [0.25, 0.3) is 5.91 Å². The number of amides is 1. The van der Waals surface area contributed by atoms with Gasteiger partial charge in [-0.15, -0.1) is 22.7 Å². The lowest BCUT2D eigenvalue weighted by atomic mass is 10.1. The van der Waals surface area contributed by atoms with E-state index in [-0.39, 0.29) is 5.91 Å². The largest absolute Gasteiger partial charge is 0.298 e. The maximum Gasteiger partial charge on any atom is 0.259 e. The zero-order valence-electron chi connectivity index (χ0n) is 11.0. The molecule has 0 radical (unpaired) electrons. The van der Waals surface area contributed by atoms with Crippen LogP contribution in [0, 0.1) is 0 Å². The van der Waals surface area contributed by atoms with Gasteiger partial charge >= 0.3 is 0 Å². The van der Waals surface area contributed by atoms with Crippen LogP contribution in [0.2, 0.25) is 8.67 Å². The summed E-state index contributed by atoms with van der Waals surface area (Å²) >= 11 is 14.5. The molecule has 0 bridgehead atoms. The minimum atomic E-state index is -0.283. The minimum absolute atomic E-state index is 0.283. The predicted octanol–water partition coefficient (Wildman–Crippen LogP) is 5.33. The molecule has 1 aromatic carbocycles. The van der Waals surface area contributed by atoms with E-state index in [0.29, 0.717) is 19.4 Å². The van der Waals surface area contributed by atoms with Crippen molar-refractivity contribution in [3.8, 4) is 11.3 Å². The highest BCUT2D eigenvalue weighted by Gasteiger charge is 2.24. The van der Waals surface area contributed by atoms with Crippen molar-refractivity contribution in [2.75, 3.05) is 5.32 Å². The molecule has 1 aliphatic carbocycles. The highest BCUT2D eigenvalue weighted by Crippen LogP contribution is 2.41. The second kappa shape index (κ2) is 5.35. The number of carbonyl (C=O) groups excluding carboxylic acids is 1. The van der Waals surface area contributed by atoms with Crippen LogP contribution in [0.15, 0.2) is 30.3 Å². The van der Waals surface area contributed by atoms with Crippen LogP contribution in [0.3, 0.4) is 0 Å². The fourth-order valence-corrected chi connectivity index (χ4v) is 4.93. The number of anilines is 1. The van der Waals surface area contributed by atoms with Crippen molar-refractivity contribution >= 4 is 56.9 Å². The lowest BCUT2D eigenvalue weighted by Gasteiger charge is -2.01. The number of nitrogens with zero attached hydrogens (tertiary/aromatic N) is 1. The van der Waals surface area contributed by atoms with Crippen LogP contribution in [-0.2, 0) is 6.42 Å². The highest BCUT2D eigenvalue weighted by molar-refractivity contribution is 7.20. The van der Waals surface area contributed by atoms with Gasteiger partial charge in [-0.05, 0) is 11.6 Å². The lowest BCUT2D eigenvalue weighted by Crippen LogP contribution is -2.11. The Morgan fingerprint density at radius 1 is 1.23 bits per heavy atom. The second-order valence-corrected chi connectivity index (χ2v) is 8.19. The normalized spacial score (nSPS) is 12.1. The van der Waals surface area contributed by atoms with Crippen LogP contribution in [-0.4, -0.2) is 10.9 Å². The maximum absolute atomic E-state index is 12.2. The van der Waals surface area contributed by atoms with Crippen molar-refractivity contribution in [1.82, 2.24) is 4.98 Å². The molecule has 0 atom stereocenters. The molecule has 4 rings (SSSR count). The van der Waals surface area contributed by atoms with Gasteiger partial charge in [-0.2, -0.15) is 0 Å². The molecule has 0 saturated carbocycles. The van der Waals surface area contributed by atoms with E-state index in [4.69, 9.17) is 23.2 Å². The van der Waals surface area contributed by atoms with Crippen molar-refractivity contribution in [3.63, 3.8) is 0 Å². The van der Waals surface area contributed by atoms with E-state index in [9.17, 15) is 4.79 Å². The molecule has 0 spiro atoms. The van der Waals surface area contributed by atoms with Crippen molar-refractivity contribution < 1.29 is 4.79 Å². The summed E-state index contributed by atoms with van der Waals surface area (Å²) in [7, 11) is 0. The average Bonchev–Trinajstić information content (AvgIpc) is 3.11. The Morgan fingerprint density at radius 2 is 2.05 bits per heavy atom. The Labute approximate surface area is 144 Å². The van der Waals surface area contributed by atoms with Gasteiger partial charge in [0.15, 0.2) is 5.13 Å². The van der Waals surface area contributed by atoms with E-state index in [1.165, 1.54) is 33.1 Å². The molecule has 7 heteroatoms. The van der Waals surface area contributed by atoms with E-state index < -0.39 is 0 Å². The molecule has 2 heterocycles. The third-order valence-corrected chi connectivity index (χ3v) is 5.90. The number of benzene rings is 1. The number of thiophene rings is 1. The van der Waals surface area contributed by atoms with Gasteiger partial charge in [-0.25, -0.2) is 4.98 Å². The smallest absolute Gasteiger partial charge is 0.259 e. The fraction of sp³-hybridized carbons (Fsp3) is 0.0667. The number of hydrogen-bond donors (Lipinski definition) is 1. The topological polar surface area (TPSA) is 42.0 Å². The quantitative estimate of drug-likeness (QED) is 0.520. The molecule has 0 unspecified atom stereocenters. The third kappa shape index (κ3) is 2.34. The third-order valence-electron chi connectivity index (χ3n) is 3.44. The zero-order chi connectivity index (χ0) is 15.3. The summed E-state index contributed by atoms with van der Waals surface area (Å²) in [6.07, 6.45) is 0.865. The summed E-state index contributed by atoms with van der Waals surface area (Å²) in [4.78, 5) is 18.0. The SMILES string of the molecule is O=C(Nc1nc2c(s1)Cc1ccccc1-2)c1cc(Cl)sc1Cl. The van der Waals surface area contributed by atoms with Crippen LogP contribution < -0.4 is 5.32 Å². The maximum atomic E-state index is 12.2. The summed E-state index contributed by atoms with van der Waals surface area (Å²) < 4.78 is 0.877. The van der Waals surface area contributed by atoms with Crippen LogP contribution in [0.25, 0.3) is 11.3 Å². The molecule has 1 amide bonds. The van der Waals surface area contributed by atoms with Gasteiger partial charge in [0.2, 0.25) is 0 Å². The van der Waals surface area contributed by atoms with E-state index >= 15 is 0 Å². The molecule has 0 aliphatic heterocycles. The van der Waals surface area contributed by atoms with Gasteiger partial charge in [0.05, 0.1) is 15.6 Å². The van der Waals surface area contributed by atoms with E-state index in [1.807, 2.05) is 12.1 Å². The number of thiazole rings is 1. The minimum Gasteiger partial charge on any atom is -0.298 e. The first kappa shape index (κ1) is 14.2. The van der Waals surface area contributed by atoms with E-state index in [2.05, 4.69) is 22.4 Å². The number of rotatable bonds is 2. The molecule has 3 aromatic rings. The Bertz CT molecular complexity index is 901. The van der Waals surface area contributed by atoms with Gasteiger partial charge in [0, 0.05) is 16.9 Å². The first-order valence-electron chi connectivity index (χ1n) is 6.46. The average molecular weight is 367 g/mol. The van der Waals surface area contributed by atoms with Crippen LogP contribution in [0.5, 0.6) is 0 Å². The lowest BCUT2D eigenvalue weighted by molar-refractivity contribution is 0.102. The van der Waals surface area contributed by atoms with Crippen molar-refractivity contribution in [1.29, 1.82) is 0 Å². The fourth-order valence-electron chi connectivity index (χ4n) is 2.47. The van der Waals surface area contributed by atoms with E-state index in [1.54, 1.807) is 6.07 Å². The summed E-state index contributed by atoms with van der Waals surface area (Å²) in [5, 5.41) is 3.39. The van der Waals surface area contributed by atoms with Crippen LogP contribution in [0.1, 0.15) is 20.8 Å². The molecular weight excluding hydrogens is 359 g/mol. The van der Waals surface area contributed by atoms with Gasteiger partial charge in [0.1, 0.15) is 4.34 Å². The number of aromatic nitrogens is 1. The molecule has 110 valence electrons.